The van der Waals surface area contributed by atoms with E-state index < -0.39 is 0 Å². The second kappa shape index (κ2) is 8.67. The van der Waals surface area contributed by atoms with Crippen molar-refractivity contribution >= 4 is 11.8 Å². The number of aliphatic hydroxyl groups is 1. The third-order valence-electron chi connectivity index (χ3n) is 4.28. The van der Waals surface area contributed by atoms with Crippen LogP contribution in [0, 0.1) is 5.92 Å². The van der Waals surface area contributed by atoms with E-state index in [1.807, 2.05) is 37.3 Å². The number of nitrogens with one attached hydrogen (secondary N) is 1. The molecule has 2 atom stereocenters. The molecule has 2 amide bonds. The Morgan fingerprint density at radius 2 is 2.09 bits per heavy atom. The van der Waals surface area contributed by atoms with E-state index >= 15 is 0 Å². The lowest BCUT2D eigenvalue weighted by Crippen LogP contribution is -2.47. The average molecular weight is 318 g/mol. The van der Waals surface area contributed by atoms with Crippen molar-refractivity contribution in [2.45, 2.75) is 38.6 Å². The summed E-state index contributed by atoms with van der Waals surface area (Å²) in [6.45, 7) is 3.27. The summed E-state index contributed by atoms with van der Waals surface area (Å²) in [5, 5.41) is 11.8. The van der Waals surface area contributed by atoms with Gasteiger partial charge >= 0.3 is 0 Å². The molecule has 2 N–H and O–H groups in total. The second-order valence-corrected chi connectivity index (χ2v) is 6.23. The van der Waals surface area contributed by atoms with E-state index in [0.717, 1.165) is 19.3 Å². The maximum atomic E-state index is 12.5. The normalized spacial score (nSPS) is 19.2. The van der Waals surface area contributed by atoms with Crippen LogP contribution in [-0.2, 0) is 4.79 Å². The van der Waals surface area contributed by atoms with Crippen molar-refractivity contribution in [2.75, 3.05) is 19.7 Å². The van der Waals surface area contributed by atoms with Gasteiger partial charge in [0.25, 0.3) is 5.91 Å². The zero-order chi connectivity index (χ0) is 16.7. The van der Waals surface area contributed by atoms with E-state index in [2.05, 4.69) is 5.32 Å². The number of hydrogen-bond donors (Lipinski definition) is 2. The van der Waals surface area contributed by atoms with Gasteiger partial charge in [0.05, 0.1) is 5.92 Å². The molecule has 0 bridgehead atoms. The molecule has 1 aromatic carbocycles. The van der Waals surface area contributed by atoms with Crippen LogP contribution in [0.5, 0.6) is 0 Å². The van der Waals surface area contributed by atoms with E-state index in [4.69, 9.17) is 5.11 Å². The van der Waals surface area contributed by atoms with Crippen molar-refractivity contribution in [3.05, 3.63) is 35.9 Å². The highest BCUT2D eigenvalue weighted by Gasteiger charge is 2.29. The van der Waals surface area contributed by atoms with Crippen LogP contribution in [0.2, 0.25) is 0 Å². The van der Waals surface area contributed by atoms with Gasteiger partial charge in [0.15, 0.2) is 0 Å². The van der Waals surface area contributed by atoms with E-state index in [1.54, 1.807) is 4.90 Å². The van der Waals surface area contributed by atoms with Crippen LogP contribution in [0.15, 0.2) is 30.3 Å². The fraction of sp³-hybridized carbons (Fsp3) is 0.556. The summed E-state index contributed by atoms with van der Waals surface area (Å²) >= 11 is 0. The highest BCUT2D eigenvalue weighted by molar-refractivity contribution is 5.94. The first kappa shape index (κ1) is 17.5. The zero-order valence-electron chi connectivity index (χ0n) is 13.7. The first-order valence-corrected chi connectivity index (χ1v) is 8.37. The maximum absolute atomic E-state index is 12.5. The molecular formula is C18H26N2O3. The minimum absolute atomic E-state index is 0.00331. The number of likely N-dealkylation sites (tertiary alicyclic amines) is 1. The molecule has 0 saturated carbocycles. The topological polar surface area (TPSA) is 69.6 Å². The minimum Gasteiger partial charge on any atom is -0.396 e. The van der Waals surface area contributed by atoms with Gasteiger partial charge in [0.1, 0.15) is 0 Å². The molecule has 0 aromatic heterocycles. The molecule has 126 valence electrons. The highest BCUT2D eigenvalue weighted by atomic mass is 16.3. The first-order valence-electron chi connectivity index (χ1n) is 8.37. The number of hydrogen-bond acceptors (Lipinski definition) is 3. The Morgan fingerprint density at radius 1 is 1.35 bits per heavy atom. The smallest absolute Gasteiger partial charge is 0.253 e. The summed E-state index contributed by atoms with van der Waals surface area (Å²) in [6.07, 6.45) is 3.12. The molecule has 1 aliphatic heterocycles. The monoisotopic (exact) mass is 318 g/mol. The minimum atomic E-state index is -0.145. The van der Waals surface area contributed by atoms with Gasteiger partial charge in [-0.05, 0) is 44.7 Å². The summed E-state index contributed by atoms with van der Waals surface area (Å²) < 4.78 is 0. The fourth-order valence-corrected chi connectivity index (χ4v) is 2.97. The average Bonchev–Trinajstić information content (AvgIpc) is 2.60. The largest absolute Gasteiger partial charge is 0.396 e. The van der Waals surface area contributed by atoms with Gasteiger partial charge < -0.3 is 15.3 Å². The summed E-state index contributed by atoms with van der Waals surface area (Å²) in [6, 6.07) is 9.26. The van der Waals surface area contributed by atoms with Crippen LogP contribution in [0.1, 0.15) is 43.0 Å². The van der Waals surface area contributed by atoms with Gasteiger partial charge in [-0.15, -0.1) is 0 Å². The van der Waals surface area contributed by atoms with Crippen LogP contribution in [0.4, 0.5) is 0 Å². The number of amides is 2. The van der Waals surface area contributed by atoms with Crippen molar-refractivity contribution in [3.8, 4) is 0 Å². The van der Waals surface area contributed by atoms with Crippen LogP contribution in [-0.4, -0.2) is 47.6 Å². The van der Waals surface area contributed by atoms with E-state index in [-0.39, 0.29) is 30.4 Å². The van der Waals surface area contributed by atoms with E-state index in [0.29, 0.717) is 25.1 Å². The number of benzene rings is 1. The molecule has 0 aliphatic carbocycles. The highest BCUT2D eigenvalue weighted by Crippen LogP contribution is 2.19. The summed E-state index contributed by atoms with van der Waals surface area (Å²) in [7, 11) is 0. The van der Waals surface area contributed by atoms with Gasteiger partial charge in [0.2, 0.25) is 5.91 Å². The molecule has 1 fully saturated rings. The van der Waals surface area contributed by atoms with E-state index in [1.165, 1.54) is 0 Å². The number of rotatable bonds is 6. The zero-order valence-corrected chi connectivity index (χ0v) is 13.7. The second-order valence-electron chi connectivity index (χ2n) is 6.23. The standard InChI is InChI=1S/C18H26N2O3/c1-14(7-6-12-21)19-17(22)16-10-5-11-20(13-16)18(23)15-8-3-2-4-9-15/h2-4,8-9,14,16,21H,5-7,10-13H2,1H3,(H,19,22). The molecular weight excluding hydrogens is 292 g/mol. The lowest BCUT2D eigenvalue weighted by molar-refractivity contribution is -0.127. The molecule has 2 unspecified atom stereocenters. The Hall–Kier alpha value is -1.88. The van der Waals surface area contributed by atoms with Crippen molar-refractivity contribution < 1.29 is 14.7 Å². The van der Waals surface area contributed by atoms with Gasteiger partial charge in [0, 0.05) is 31.3 Å². The Balaban J connectivity index is 1.90. The van der Waals surface area contributed by atoms with Crippen molar-refractivity contribution in [3.63, 3.8) is 0 Å². The molecule has 0 spiro atoms. The van der Waals surface area contributed by atoms with Gasteiger partial charge in [-0.1, -0.05) is 18.2 Å². The molecule has 23 heavy (non-hydrogen) atoms. The summed E-state index contributed by atoms with van der Waals surface area (Å²) in [5.41, 5.74) is 0.671. The summed E-state index contributed by atoms with van der Waals surface area (Å²) in [5.74, 6) is -0.134. The Bertz CT molecular complexity index is 518. The number of piperidine rings is 1. The molecule has 1 saturated heterocycles. The van der Waals surface area contributed by atoms with Crippen molar-refractivity contribution in [1.82, 2.24) is 10.2 Å². The molecule has 1 aliphatic rings. The predicted octanol–water partition coefficient (Wildman–Crippen LogP) is 1.82. The van der Waals surface area contributed by atoms with Crippen LogP contribution < -0.4 is 5.32 Å². The summed E-state index contributed by atoms with van der Waals surface area (Å²) in [4.78, 5) is 26.6. The molecule has 5 heteroatoms. The van der Waals surface area contributed by atoms with E-state index in [9.17, 15) is 9.59 Å². The lowest BCUT2D eigenvalue weighted by Gasteiger charge is -2.32. The maximum Gasteiger partial charge on any atom is 0.253 e. The Kier molecular flexibility index (Phi) is 6.59. The van der Waals surface area contributed by atoms with Gasteiger partial charge in [-0.25, -0.2) is 0 Å². The third-order valence-corrected chi connectivity index (χ3v) is 4.28. The Labute approximate surface area is 137 Å². The van der Waals surface area contributed by atoms with Crippen LogP contribution in [0.25, 0.3) is 0 Å². The van der Waals surface area contributed by atoms with Gasteiger partial charge in [-0.3, -0.25) is 9.59 Å². The fourth-order valence-electron chi connectivity index (χ4n) is 2.97. The van der Waals surface area contributed by atoms with Crippen LogP contribution in [0.3, 0.4) is 0 Å². The molecule has 1 aromatic rings. The number of carbonyl (C=O) groups excluding carboxylic acids is 2. The number of carbonyl (C=O) groups is 2. The van der Waals surface area contributed by atoms with Crippen LogP contribution >= 0.6 is 0 Å². The van der Waals surface area contributed by atoms with Crippen molar-refractivity contribution in [1.29, 1.82) is 0 Å². The van der Waals surface area contributed by atoms with Gasteiger partial charge in [-0.2, -0.15) is 0 Å². The lowest BCUT2D eigenvalue weighted by atomic mass is 9.96. The number of aliphatic hydroxyl groups excluding tert-OH is 1. The molecule has 0 radical (unpaired) electrons. The quantitative estimate of drug-likeness (QED) is 0.840. The Morgan fingerprint density at radius 3 is 2.78 bits per heavy atom. The SMILES string of the molecule is CC(CCCO)NC(=O)C1CCCN(C(=O)c2ccccc2)C1. The molecule has 2 rings (SSSR count). The number of nitrogens with zero attached hydrogens (tertiary/aromatic N) is 1. The molecule has 1 heterocycles. The first-order chi connectivity index (χ1) is 11.1. The molecule has 5 nitrogen and oxygen atoms in total. The van der Waals surface area contributed by atoms with Crippen molar-refractivity contribution in [2.24, 2.45) is 5.92 Å². The third kappa shape index (κ3) is 5.06. The predicted molar refractivity (Wildman–Crippen MR) is 89.0 cm³/mol.